The van der Waals surface area contributed by atoms with Gasteiger partial charge in [0.2, 0.25) is 5.91 Å². The second kappa shape index (κ2) is 5.08. The lowest BCUT2D eigenvalue weighted by molar-refractivity contribution is -0.144. The third-order valence-electron chi connectivity index (χ3n) is 3.01. The minimum absolute atomic E-state index is 0.173. The summed E-state index contributed by atoms with van der Waals surface area (Å²) in [6.45, 7) is 0.201. The Morgan fingerprint density at radius 3 is 2.89 bits per heavy atom. The number of benzene rings is 1. The molecule has 5 heteroatoms. The maximum atomic E-state index is 12.2. The van der Waals surface area contributed by atoms with Gasteiger partial charge in [-0.3, -0.25) is 9.59 Å². The maximum absolute atomic E-state index is 12.2. The van der Waals surface area contributed by atoms with Crippen LogP contribution in [0, 0.1) is 0 Å². The summed E-state index contributed by atoms with van der Waals surface area (Å²) in [5.41, 5.74) is 0.839. The molecule has 96 valence electrons. The van der Waals surface area contributed by atoms with Crippen molar-refractivity contribution in [3.05, 3.63) is 29.8 Å². The fourth-order valence-electron chi connectivity index (χ4n) is 2.15. The van der Waals surface area contributed by atoms with Gasteiger partial charge in [0.15, 0.2) is 0 Å². The van der Waals surface area contributed by atoms with Gasteiger partial charge in [-0.15, -0.1) is 0 Å². The molecule has 1 aromatic rings. The summed E-state index contributed by atoms with van der Waals surface area (Å²) in [4.78, 5) is 24.1. The number of rotatable bonds is 3. The molecule has 1 unspecified atom stereocenters. The molecule has 0 spiro atoms. The summed E-state index contributed by atoms with van der Waals surface area (Å²) in [6, 6.07) is 7.38. The van der Waals surface area contributed by atoms with Gasteiger partial charge in [0.25, 0.3) is 0 Å². The van der Waals surface area contributed by atoms with Crippen LogP contribution in [0.5, 0.6) is 5.75 Å². The number of carboxylic acids is 1. The number of amides is 1. The van der Waals surface area contributed by atoms with Crippen molar-refractivity contribution in [1.82, 2.24) is 4.90 Å². The number of carbonyl (C=O) groups is 2. The average Bonchev–Trinajstić information content (AvgIpc) is 2.36. The van der Waals surface area contributed by atoms with Crippen molar-refractivity contribution < 1.29 is 19.4 Å². The Bertz CT molecular complexity index is 472. The van der Waals surface area contributed by atoms with Gasteiger partial charge in [0, 0.05) is 12.6 Å². The minimum atomic E-state index is -1.01. The molecule has 0 bridgehead atoms. The molecule has 1 aliphatic heterocycles. The molecule has 1 aliphatic rings. The Kier molecular flexibility index (Phi) is 3.50. The standard InChI is InChI=1S/C13H15NO4/c1-14(8-12(15)16)13(17)10-6-7-18-11-5-3-2-4-9(10)11/h2-5,10H,6-8H2,1H3,(H,15,16). The highest BCUT2D eigenvalue weighted by Crippen LogP contribution is 2.34. The van der Waals surface area contributed by atoms with Crippen LogP contribution < -0.4 is 4.74 Å². The van der Waals surface area contributed by atoms with E-state index in [4.69, 9.17) is 9.84 Å². The number of aliphatic carboxylic acids is 1. The quantitative estimate of drug-likeness (QED) is 0.871. The van der Waals surface area contributed by atoms with E-state index in [1.807, 2.05) is 24.3 Å². The number of fused-ring (bicyclic) bond motifs is 1. The molecule has 0 radical (unpaired) electrons. The summed E-state index contributed by atoms with van der Waals surface area (Å²) in [6.07, 6.45) is 0.583. The van der Waals surface area contributed by atoms with Gasteiger partial charge in [-0.1, -0.05) is 18.2 Å². The lowest BCUT2D eigenvalue weighted by atomic mass is 9.92. The first-order valence-corrected chi connectivity index (χ1v) is 5.78. The first-order chi connectivity index (χ1) is 8.59. The zero-order valence-corrected chi connectivity index (χ0v) is 10.1. The highest BCUT2D eigenvalue weighted by atomic mass is 16.5. The smallest absolute Gasteiger partial charge is 0.323 e. The number of nitrogens with zero attached hydrogens (tertiary/aromatic N) is 1. The average molecular weight is 249 g/mol. The molecule has 1 heterocycles. The van der Waals surface area contributed by atoms with Gasteiger partial charge in [0.05, 0.1) is 12.5 Å². The van der Waals surface area contributed by atoms with Gasteiger partial charge in [0.1, 0.15) is 12.3 Å². The molecule has 2 rings (SSSR count). The molecule has 18 heavy (non-hydrogen) atoms. The van der Waals surface area contributed by atoms with E-state index in [1.54, 1.807) is 0 Å². The number of carbonyl (C=O) groups excluding carboxylic acids is 1. The molecule has 5 nitrogen and oxygen atoms in total. The topological polar surface area (TPSA) is 66.8 Å². The van der Waals surface area contributed by atoms with Crippen molar-refractivity contribution in [2.75, 3.05) is 20.2 Å². The molecular weight excluding hydrogens is 234 g/mol. The Hall–Kier alpha value is -2.04. The number of hydrogen-bond donors (Lipinski definition) is 1. The van der Waals surface area contributed by atoms with E-state index in [1.165, 1.54) is 11.9 Å². The summed E-state index contributed by atoms with van der Waals surface area (Å²) in [5, 5.41) is 8.71. The Morgan fingerprint density at radius 2 is 2.17 bits per heavy atom. The van der Waals surface area contributed by atoms with Crippen LogP contribution in [-0.2, 0) is 9.59 Å². The first-order valence-electron chi connectivity index (χ1n) is 5.78. The van der Waals surface area contributed by atoms with Crippen molar-refractivity contribution in [2.45, 2.75) is 12.3 Å². The van der Waals surface area contributed by atoms with Crippen molar-refractivity contribution in [1.29, 1.82) is 0 Å². The predicted octanol–water partition coefficient (Wildman–Crippen LogP) is 1.10. The number of para-hydroxylation sites is 1. The Morgan fingerprint density at radius 1 is 1.44 bits per heavy atom. The molecule has 1 amide bonds. The van der Waals surface area contributed by atoms with Crippen LogP contribution in [0.15, 0.2) is 24.3 Å². The second-order valence-corrected chi connectivity index (χ2v) is 4.32. The fraction of sp³-hybridized carbons (Fsp3) is 0.385. The molecule has 0 saturated carbocycles. The molecule has 1 atom stereocenters. The summed E-state index contributed by atoms with van der Waals surface area (Å²) in [5.74, 6) is -0.774. The summed E-state index contributed by atoms with van der Waals surface area (Å²) < 4.78 is 5.48. The third-order valence-corrected chi connectivity index (χ3v) is 3.01. The van der Waals surface area contributed by atoms with Crippen LogP contribution in [0.3, 0.4) is 0 Å². The number of ether oxygens (including phenoxy) is 1. The summed E-state index contributed by atoms with van der Waals surface area (Å²) >= 11 is 0. The van der Waals surface area contributed by atoms with Gasteiger partial charge in [-0.2, -0.15) is 0 Å². The van der Waals surface area contributed by atoms with Crippen molar-refractivity contribution in [3.8, 4) is 5.75 Å². The number of likely N-dealkylation sites (N-methyl/N-ethyl adjacent to an activating group) is 1. The molecule has 1 aromatic carbocycles. The van der Waals surface area contributed by atoms with Crippen LogP contribution >= 0.6 is 0 Å². The van der Waals surface area contributed by atoms with Crippen LogP contribution in [0.1, 0.15) is 17.9 Å². The highest BCUT2D eigenvalue weighted by molar-refractivity contribution is 5.87. The molecule has 0 saturated heterocycles. The molecule has 0 aliphatic carbocycles. The van der Waals surface area contributed by atoms with E-state index in [9.17, 15) is 9.59 Å². The lowest BCUT2D eigenvalue weighted by Crippen LogP contribution is -2.37. The van der Waals surface area contributed by atoms with Crippen LogP contribution in [0.25, 0.3) is 0 Å². The summed E-state index contributed by atoms with van der Waals surface area (Å²) in [7, 11) is 1.51. The number of hydrogen-bond acceptors (Lipinski definition) is 3. The molecule has 1 N–H and O–H groups in total. The molecule has 0 fully saturated rings. The Labute approximate surface area is 105 Å². The zero-order chi connectivity index (χ0) is 13.1. The van der Waals surface area contributed by atoms with Gasteiger partial charge in [-0.05, 0) is 12.5 Å². The van der Waals surface area contributed by atoms with Crippen LogP contribution in [0.2, 0.25) is 0 Å². The molecule has 0 aromatic heterocycles. The number of carboxylic acid groups (broad SMARTS) is 1. The Balaban J connectivity index is 2.20. The first kappa shape index (κ1) is 12.4. The normalized spacial score (nSPS) is 17.5. The third kappa shape index (κ3) is 2.45. The van der Waals surface area contributed by atoms with E-state index >= 15 is 0 Å². The maximum Gasteiger partial charge on any atom is 0.323 e. The van der Waals surface area contributed by atoms with E-state index in [0.717, 1.165) is 5.56 Å². The predicted molar refractivity (Wildman–Crippen MR) is 64.6 cm³/mol. The van der Waals surface area contributed by atoms with Crippen LogP contribution in [-0.4, -0.2) is 42.1 Å². The fourth-order valence-corrected chi connectivity index (χ4v) is 2.15. The van der Waals surface area contributed by atoms with E-state index in [2.05, 4.69) is 0 Å². The SMILES string of the molecule is CN(CC(=O)O)C(=O)C1CCOc2ccccc21. The van der Waals surface area contributed by atoms with Crippen molar-refractivity contribution >= 4 is 11.9 Å². The van der Waals surface area contributed by atoms with E-state index < -0.39 is 5.97 Å². The largest absolute Gasteiger partial charge is 0.493 e. The zero-order valence-electron chi connectivity index (χ0n) is 10.1. The minimum Gasteiger partial charge on any atom is -0.493 e. The van der Waals surface area contributed by atoms with E-state index in [0.29, 0.717) is 18.8 Å². The van der Waals surface area contributed by atoms with Crippen molar-refractivity contribution in [3.63, 3.8) is 0 Å². The highest BCUT2D eigenvalue weighted by Gasteiger charge is 2.30. The van der Waals surface area contributed by atoms with Crippen LogP contribution in [0.4, 0.5) is 0 Å². The van der Waals surface area contributed by atoms with Crippen molar-refractivity contribution in [2.24, 2.45) is 0 Å². The second-order valence-electron chi connectivity index (χ2n) is 4.32. The van der Waals surface area contributed by atoms with E-state index in [-0.39, 0.29) is 18.4 Å². The lowest BCUT2D eigenvalue weighted by Gasteiger charge is -2.28. The van der Waals surface area contributed by atoms with Gasteiger partial charge < -0.3 is 14.7 Å². The monoisotopic (exact) mass is 249 g/mol. The van der Waals surface area contributed by atoms with Gasteiger partial charge >= 0.3 is 5.97 Å². The van der Waals surface area contributed by atoms with Gasteiger partial charge in [-0.25, -0.2) is 0 Å². The molecular formula is C13H15NO4.